The van der Waals surface area contributed by atoms with Gasteiger partial charge in [0.25, 0.3) is 5.56 Å². The van der Waals surface area contributed by atoms with Gasteiger partial charge in [-0.1, -0.05) is 12.7 Å². The van der Waals surface area contributed by atoms with E-state index in [1.165, 1.54) is 10.6 Å². The van der Waals surface area contributed by atoms with Gasteiger partial charge >= 0.3 is 5.97 Å². The molecule has 0 aliphatic carbocycles. The standard InChI is InChI=1S/C11H13NO3/c1-3-9-5-6-10(13)12(7-9)8-11(14)15-4-2/h3,5-7H,1,4,8H2,2H3. The molecule has 0 spiro atoms. The van der Waals surface area contributed by atoms with Crippen LogP contribution in [0.3, 0.4) is 0 Å². The molecular weight excluding hydrogens is 194 g/mol. The van der Waals surface area contributed by atoms with E-state index in [1.54, 1.807) is 25.3 Å². The Morgan fingerprint density at radius 2 is 2.33 bits per heavy atom. The van der Waals surface area contributed by atoms with Gasteiger partial charge in [0.1, 0.15) is 6.54 Å². The van der Waals surface area contributed by atoms with Crippen molar-refractivity contribution in [2.75, 3.05) is 6.61 Å². The summed E-state index contributed by atoms with van der Waals surface area (Å²) in [7, 11) is 0. The Labute approximate surface area is 87.8 Å². The minimum absolute atomic E-state index is 0.0612. The van der Waals surface area contributed by atoms with Crippen molar-refractivity contribution >= 4 is 12.0 Å². The average molecular weight is 207 g/mol. The molecule has 4 nitrogen and oxygen atoms in total. The monoisotopic (exact) mass is 207 g/mol. The first kappa shape index (κ1) is 11.2. The number of hydrogen-bond acceptors (Lipinski definition) is 3. The van der Waals surface area contributed by atoms with E-state index in [2.05, 4.69) is 6.58 Å². The average Bonchev–Trinajstić information content (AvgIpc) is 2.21. The van der Waals surface area contributed by atoms with E-state index >= 15 is 0 Å². The highest BCUT2D eigenvalue weighted by atomic mass is 16.5. The van der Waals surface area contributed by atoms with Gasteiger partial charge < -0.3 is 9.30 Å². The van der Waals surface area contributed by atoms with Crippen LogP contribution in [0.2, 0.25) is 0 Å². The largest absolute Gasteiger partial charge is 0.465 e. The molecule has 0 aliphatic rings. The molecule has 1 heterocycles. The lowest BCUT2D eigenvalue weighted by Gasteiger charge is -2.05. The number of pyridine rings is 1. The molecule has 0 unspecified atom stereocenters. The number of hydrogen-bond donors (Lipinski definition) is 0. The van der Waals surface area contributed by atoms with Crippen LogP contribution >= 0.6 is 0 Å². The fourth-order valence-electron chi connectivity index (χ4n) is 1.14. The molecule has 0 aliphatic heterocycles. The number of aromatic nitrogens is 1. The van der Waals surface area contributed by atoms with E-state index in [1.807, 2.05) is 0 Å². The Morgan fingerprint density at radius 3 is 2.93 bits per heavy atom. The lowest BCUT2D eigenvalue weighted by molar-refractivity contribution is -0.143. The molecule has 0 amide bonds. The van der Waals surface area contributed by atoms with Gasteiger partial charge in [-0.15, -0.1) is 0 Å². The third-order valence-electron chi connectivity index (χ3n) is 1.85. The second-order valence-electron chi connectivity index (χ2n) is 2.94. The second-order valence-corrected chi connectivity index (χ2v) is 2.94. The summed E-state index contributed by atoms with van der Waals surface area (Å²) >= 11 is 0. The van der Waals surface area contributed by atoms with Crippen molar-refractivity contribution in [1.82, 2.24) is 4.57 Å². The summed E-state index contributed by atoms with van der Waals surface area (Å²) in [5.41, 5.74) is 0.563. The lowest BCUT2D eigenvalue weighted by Crippen LogP contribution is -2.24. The van der Waals surface area contributed by atoms with E-state index in [-0.39, 0.29) is 12.1 Å². The van der Waals surface area contributed by atoms with Gasteiger partial charge in [0, 0.05) is 12.3 Å². The first-order valence-electron chi connectivity index (χ1n) is 4.66. The van der Waals surface area contributed by atoms with Gasteiger partial charge in [-0.25, -0.2) is 0 Å². The van der Waals surface area contributed by atoms with E-state index in [9.17, 15) is 9.59 Å². The summed E-state index contributed by atoms with van der Waals surface area (Å²) in [5.74, 6) is -0.416. The van der Waals surface area contributed by atoms with Crippen LogP contribution in [0.5, 0.6) is 0 Å². The molecule has 4 heteroatoms. The Hall–Kier alpha value is -1.84. The van der Waals surface area contributed by atoms with Crippen LogP contribution in [0.1, 0.15) is 12.5 Å². The van der Waals surface area contributed by atoms with Gasteiger partial charge in [0.2, 0.25) is 0 Å². The zero-order chi connectivity index (χ0) is 11.3. The first-order valence-corrected chi connectivity index (χ1v) is 4.66. The third kappa shape index (κ3) is 3.09. The van der Waals surface area contributed by atoms with E-state index in [4.69, 9.17) is 4.74 Å². The zero-order valence-electron chi connectivity index (χ0n) is 8.60. The predicted molar refractivity (Wildman–Crippen MR) is 57.4 cm³/mol. The normalized spacial score (nSPS) is 9.67. The highest BCUT2D eigenvalue weighted by Crippen LogP contribution is 1.97. The molecule has 0 saturated heterocycles. The van der Waals surface area contributed by atoms with E-state index in [0.717, 1.165) is 5.56 Å². The summed E-state index contributed by atoms with van der Waals surface area (Å²) in [6, 6.07) is 3.05. The Kier molecular flexibility index (Phi) is 3.85. The van der Waals surface area contributed by atoms with Gasteiger partial charge in [-0.2, -0.15) is 0 Å². The molecule has 0 saturated carbocycles. The van der Waals surface area contributed by atoms with Crippen LogP contribution < -0.4 is 5.56 Å². The highest BCUT2D eigenvalue weighted by Gasteiger charge is 2.04. The maximum absolute atomic E-state index is 11.3. The molecule has 0 bridgehead atoms. The summed E-state index contributed by atoms with van der Waals surface area (Å²) in [6.45, 7) is 5.56. The Bertz CT molecular complexity index is 420. The van der Waals surface area contributed by atoms with Gasteiger partial charge in [0.15, 0.2) is 0 Å². The summed E-state index contributed by atoms with van der Waals surface area (Å²) in [5, 5.41) is 0. The Morgan fingerprint density at radius 1 is 1.60 bits per heavy atom. The number of rotatable bonds is 4. The number of carbonyl (C=O) groups is 1. The molecule has 0 N–H and O–H groups in total. The van der Waals surface area contributed by atoms with E-state index in [0.29, 0.717) is 6.61 Å². The molecule has 15 heavy (non-hydrogen) atoms. The third-order valence-corrected chi connectivity index (χ3v) is 1.85. The fraction of sp³-hybridized carbons (Fsp3) is 0.273. The molecule has 80 valence electrons. The van der Waals surface area contributed by atoms with Crippen LogP contribution in [0, 0.1) is 0 Å². The number of esters is 1. The van der Waals surface area contributed by atoms with E-state index < -0.39 is 5.97 Å². The van der Waals surface area contributed by atoms with Gasteiger partial charge in [-0.3, -0.25) is 9.59 Å². The molecule has 0 aromatic carbocycles. The van der Waals surface area contributed by atoms with Crippen LogP contribution in [0.15, 0.2) is 29.7 Å². The van der Waals surface area contributed by atoms with Crippen LogP contribution in [-0.4, -0.2) is 17.1 Å². The first-order chi connectivity index (χ1) is 7.17. The van der Waals surface area contributed by atoms with Crippen molar-refractivity contribution in [2.45, 2.75) is 13.5 Å². The summed E-state index contributed by atoms with van der Waals surface area (Å²) in [6.07, 6.45) is 3.19. The maximum atomic E-state index is 11.3. The topological polar surface area (TPSA) is 48.3 Å². The molecular formula is C11H13NO3. The number of nitrogens with zero attached hydrogens (tertiary/aromatic N) is 1. The molecule has 0 atom stereocenters. The number of ether oxygens (including phenoxy) is 1. The minimum Gasteiger partial charge on any atom is -0.465 e. The van der Waals surface area contributed by atoms with Gasteiger partial charge in [0.05, 0.1) is 6.61 Å². The highest BCUT2D eigenvalue weighted by molar-refractivity contribution is 5.69. The SMILES string of the molecule is C=Cc1ccc(=O)n(CC(=O)OCC)c1. The molecule has 0 radical (unpaired) electrons. The van der Waals surface area contributed by atoms with Crippen molar-refractivity contribution in [3.05, 3.63) is 40.8 Å². The van der Waals surface area contributed by atoms with Crippen LogP contribution in [0.4, 0.5) is 0 Å². The summed E-state index contributed by atoms with van der Waals surface area (Å²) < 4.78 is 6.05. The molecule has 1 rings (SSSR count). The zero-order valence-corrected chi connectivity index (χ0v) is 8.60. The van der Waals surface area contributed by atoms with Crippen molar-refractivity contribution in [3.63, 3.8) is 0 Å². The lowest BCUT2D eigenvalue weighted by atomic mass is 10.3. The summed E-state index contributed by atoms with van der Waals surface area (Å²) in [4.78, 5) is 22.5. The van der Waals surface area contributed by atoms with Crippen molar-refractivity contribution in [1.29, 1.82) is 0 Å². The van der Waals surface area contributed by atoms with Crippen LogP contribution in [-0.2, 0) is 16.1 Å². The predicted octanol–water partition coefficient (Wildman–Crippen LogP) is 1.05. The molecule has 1 aromatic rings. The Balaban J connectivity index is 2.88. The fourth-order valence-corrected chi connectivity index (χ4v) is 1.14. The molecule has 0 fully saturated rings. The second kappa shape index (κ2) is 5.14. The smallest absolute Gasteiger partial charge is 0.326 e. The van der Waals surface area contributed by atoms with Crippen LogP contribution in [0.25, 0.3) is 6.08 Å². The van der Waals surface area contributed by atoms with Crippen molar-refractivity contribution in [2.24, 2.45) is 0 Å². The number of carbonyl (C=O) groups excluding carboxylic acids is 1. The maximum Gasteiger partial charge on any atom is 0.326 e. The van der Waals surface area contributed by atoms with Crippen molar-refractivity contribution < 1.29 is 9.53 Å². The van der Waals surface area contributed by atoms with Crippen molar-refractivity contribution in [3.8, 4) is 0 Å². The van der Waals surface area contributed by atoms with Gasteiger partial charge in [-0.05, 0) is 18.6 Å². The quantitative estimate of drug-likeness (QED) is 0.693. The minimum atomic E-state index is -0.416. The molecule has 1 aromatic heterocycles.